The molecule has 1 aliphatic heterocycles. The van der Waals surface area contributed by atoms with Crippen LogP contribution in [0, 0.1) is 0 Å². The van der Waals surface area contributed by atoms with E-state index in [1.165, 1.54) is 5.69 Å². The third kappa shape index (κ3) is 5.29. The molecule has 0 saturated carbocycles. The van der Waals surface area contributed by atoms with Crippen LogP contribution in [-0.2, 0) is 16.0 Å². The van der Waals surface area contributed by atoms with Crippen molar-refractivity contribution in [2.75, 3.05) is 44.7 Å². The Balaban J connectivity index is 1.42. The molecule has 0 N–H and O–H groups in total. The molecule has 2 heterocycles. The zero-order valence-corrected chi connectivity index (χ0v) is 15.8. The van der Waals surface area contributed by atoms with Gasteiger partial charge in [-0.15, -0.1) is 0 Å². The van der Waals surface area contributed by atoms with Gasteiger partial charge in [-0.2, -0.15) is 0 Å². The Labute approximate surface area is 160 Å². The standard InChI is InChI=1S/C21H26N4O2/c1-23(12-9-18-7-10-22-11-8-18)20(26)17-21(27)25-15-13-24(14-16-25)19-5-3-2-4-6-19/h2-8,10-11H,9,12-17H2,1H3. The molecule has 1 fully saturated rings. The SMILES string of the molecule is CN(CCc1ccncc1)C(=O)CC(=O)N1CCN(c2ccccc2)CC1. The van der Waals surface area contributed by atoms with Gasteiger partial charge < -0.3 is 14.7 Å². The summed E-state index contributed by atoms with van der Waals surface area (Å²) >= 11 is 0. The summed E-state index contributed by atoms with van der Waals surface area (Å²) in [5.41, 5.74) is 2.31. The molecule has 0 radical (unpaired) electrons. The minimum absolute atomic E-state index is 0.0574. The summed E-state index contributed by atoms with van der Waals surface area (Å²) in [6.45, 7) is 3.49. The fraction of sp³-hybridized carbons (Fsp3) is 0.381. The first-order valence-corrected chi connectivity index (χ1v) is 9.34. The molecule has 27 heavy (non-hydrogen) atoms. The van der Waals surface area contributed by atoms with E-state index in [-0.39, 0.29) is 18.2 Å². The van der Waals surface area contributed by atoms with Crippen LogP contribution in [0.5, 0.6) is 0 Å². The van der Waals surface area contributed by atoms with Crippen molar-refractivity contribution >= 4 is 17.5 Å². The first kappa shape index (κ1) is 18.9. The van der Waals surface area contributed by atoms with Crippen LogP contribution in [0.3, 0.4) is 0 Å². The Morgan fingerprint density at radius 2 is 1.67 bits per heavy atom. The first-order valence-electron chi connectivity index (χ1n) is 9.34. The highest BCUT2D eigenvalue weighted by Gasteiger charge is 2.24. The maximum Gasteiger partial charge on any atom is 0.232 e. The van der Waals surface area contributed by atoms with Crippen LogP contribution in [0.2, 0.25) is 0 Å². The largest absolute Gasteiger partial charge is 0.368 e. The maximum absolute atomic E-state index is 12.5. The molecule has 0 atom stereocenters. The molecule has 1 aromatic heterocycles. The van der Waals surface area contributed by atoms with Gasteiger partial charge in [-0.05, 0) is 36.2 Å². The number of pyridine rings is 1. The minimum atomic E-state index is -0.125. The molecule has 0 spiro atoms. The number of aromatic nitrogens is 1. The van der Waals surface area contributed by atoms with Crippen molar-refractivity contribution in [3.05, 3.63) is 60.4 Å². The van der Waals surface area contributed by atoms with Crippen LogP contribution in [0.15, 0.2) is 54.9 Å². The number of benzene rings is 1. The van der Waals surface area contributed by atoms with Crippen LogP contribution >= 0.6 is 0 Å². The van der Waals surface area contributed by atoms with E-state index in [9.17, 15) is 9.59 Å². The third-order valence-electron chi connectivity index (χ3n) is 4.97. The highest BCUT2D eigenvalue weighted by atomic mass is 16.2. The summed E-state index contributed by atoms with van der Waals surface area (Å²) in [6.07, 6.45) is 4.19. The highest BCUT2D eigenvalue weighted by Crippen LogP contribution is 2.16. The highest BCUT2D eigenvalue weighted by molar-refractivity contribution is 5.96. The lowest BCUT2D eigenvalue weighted by Gasteiger charge is -2.36. The second kappa shape index (κ2) is 9.16. The molecule has 6 heteroatoms. The zero-order valence-electron chi connectivity index (χ0n) is 15.8. The Morgan fingerprint density at radius 1 is 1.00 bits per heavy atom. The number of piperazine rings is 1. The lowest BCUT2D eigenvalue weighted by Crippen LogP contribution is -2.49. The van der Waals surface area contributed by atoms with Crippen molar-refractivity contribution in [1.29, 1.82) is 0 Å². The van der Waals surface area contributed by atoms with Crippen molar-refractivity contribution in [1.82, 2.24) is 14.8 Å². The van der Waals surface area contributed by atoms with Gasteiger partial charge in [0.15, 0.2) is 0 Å². The van der Waals surface area contributed by atoms with Crippen LogP contribution in [-0.4, -0.2) is 66.4 Å². The summed E-state index contributed by atoms with van der Waals surface area (Å²) < 4.78 is 0. The molecule has 0 aliphatic carbocycles. The summed E-state index contributed by atoms with van der Waals surface area (Å²) in [5, 5.41) is 0. The molecule has 1 saturated heterocycles. The van der Waals surface area contributed by atoms with E-state index < -0.39 is 0 Å². The van der Waals surface area contributed by atoms with Gasteiger partial charge in [0.1, 0.15) is 6.42 Å². The van der Waals surface area contributed by atoms with Crippen LogP contribution < -0.4 is 4.90 Å². The smallest absolute Gasteiger partial charge is 0.232 e. The Hall–Kier alpha value is -2.89. The number of amides is 2. The van der Waals surface area contributed by atoms with E-state index in [2.05, 4.69) is 22.0 Å². The van der Waals surface area contributed by atoms with E-state index >= 15 is 0 Å². The van der Waals surface area contributed by atoms with Gasteiger partial charge in [-0.3, -0.25) is 14.6 Å². The van der Waals surface area contributed by atoms with E-state index in [1.807, 2.05) is 30.3 Å². The number of rotatable bonds is 6. The summed E-state index contributed by atoms with van der Waals surface area (Å²) in [7, 11) is 1.75. The second-order valence-electron chi connectivity index (χ2n) is 6.80. The monoisotopic (exact) mass is 366 g/mol. The van der Waals surface area contributed by atoms with E-state index in [1.54, 1.807) is 29.2 Å². The minimum Gasteiger partial charge on any atom is -0.368 e. The van der Waals surface area contributed by atoms with Gasteiger partial charge in [0.05, 0.1) is 0 Å². The number of likely N-dealkylation sites (N-methyl/N-ethyl adjacent to an activating group) is 1. The summed E-state index contributed by atoms with van der Waals surface area (Å²) in [4.78, 5) is 34.5. The number of para-hydroxylation sites is 1. The Morgan fingerprint density at radius 3 is 2.33 bits per heavy atom. The van der Waals surface area contributed by atoms with Gasteiger partial charge in [0, 0.05) is 57.9 Å². The van der Waals surface area contributed by atoms with Crippen molar-refractivity contribution in [3.8, 4) is 0 Å². The molecule has 2 amide bonds. The molecule has 2 aromatic rings. The Kier molecular flexibility index (Phi) is 6.41. The molecular formula is C21H26N4O2. The predicted molar refractivity (Wildman–Crippen MR) is 105 cm³/mol. The predicted octanol–water partition coefficient (Wildman–Crippen LogP) is 1.82. The van der Waals surface area contributed by atoms with Gasteiger partial charge in [0.2, 0.25) is 11.8 Å². The average molecular weight is 366 g/mol. The lowest BCUT2D eigenvalue weighted by molar-refractivity contribution is -0.140. The Bertz CT molecular complexity index is 743. The fourth-order valence-corrected chi connectivity index (χ4v) is 3.20. The first-order chi connectivity index (χ1) is 13.1. The van der Waals surface area contributed by atoms with Crippen molar-refractivity contribution in [2.45, 2.75) is 12.8 Å². The third-order valence-corrected chi connectivity index (χ3v) is 4.97. The fourth-order valence-electron chi connectivity index (χ4n) is 3.20. The molecule has 1 aliphatic rings. The molecule has 1 aromatic carbocycles. The van der Waals surface area contributed by atoms with E-state index in [0.717, 1.165) is 25.1 Å². The zero-order chi connectivity index (χ0) is 19.1. The van der Waals surface area contributed by atoms with E-state index in [0.29, 0.717) is 19.6 Å². The molecule has 142 valence electrons. The van der Waals surface area contributed by atoms with Crippen LogP contribution in [0.1, 0.15) is 12.0 Å². The summed E-state index contributed by atoms with van der Waals surface area (Å²) in [6, 6.07) is 14.1. The lowest BCUT2D eigenvalue weighted by atomic mass is 10.2. The number of carbonyl (C=O) groups is 2. The van der Waals surface area contributed by atoms with Gasteiger partial charge in [-0.25, -0.2) is 0 Å². The number of hydrogen-bond acceptors (Lipinski definition) is 4. The molecule has 0 bridgehead atoms. The van der Waals surface area contributed by atoms with Gasteiger partial charge in [0.25, 0.3) is 0 Å². The second-order valence-corrected chi connectivity index (χ2v) is 6.80. The molecule has 6 nitrogen and oxygen atoms in total. The van der Waals surface area contributed by atoms with Crippen molar-refractivity contribution < 1.29 is 9.59 Å². The quantitative estimate of drug-likeness (QED) is 0.732. The topological polar surface area (TPSA) is 56.8 Å². The van der Waals surface area contributed by atoms with Crippen molar-refractivity contribution in [3.63, 3.8) is 0 Å². The van der Waals surface area contributed by atoms with Crippen LogP contribution in [0.25, 0.3) is 0 Å². The van der Waals surface area contributed by atoms with Gasteiger partial charge in [-0.1, -0.05) is 18.2 Å². The molecule has 0 unspecified atom stereocenters. The summed E-state index contributed by atoms with van der Waals surface area (Å²) in [5.74, 6) is -0.206. The number of hydrogen-bond donors (Lipinski definition) is 0. The number of anilines is 1. The van der Waals surface area contributed by atoms with Crippen LogP contribution in [0.4, 0.5) is 5.69 Å². The number of nitrogens with zero attached hydrogens (tertiary/aromatic N) is 4. The number of carbonyl (C=O) groups excluding carboxylic acids is 2. The molecule has 3 rings (SSSR count). The molecular weight excluding hydrogens is 340 g/mol. The maximum atomic E-state index is 12.5. The van der Waals surface area contributed by atoms with Gasteiger partial charge >= 0.3 is 0 Å². The van der Waals surface area contributed by atoms with Crippen molar-refractivity contribution in [2.24, 2.45) is 0 Å². The normalized spacial score (nSPS) is 14.1. The van der Waals surface area contributed by atoms with E-state index in [4.69, 9.17) is 0 Å². The average Bonchev–Trinajstić information content (AvgIpc) is 2.73.